The second-order valence-corrected chi connectivity index (χ2v) is 6.26. The molecule has 1 fully saturated rings. The van der Waals surface area contributed by atoms with Gasteiger partial charge in [-0.15, -0.1) is 0 Å². The number of aliphatic hydroxyl groups excluding tert-OH is 1. The molecular weight excluding hydrogens is 296 g/mol. The van der Waals surface area contributed by atoms with E-state index in [0.29, 0.717) is 31.5 Å². The third kappa shape index (κ3) is 2.25. The van der Waals surface area contributed by atoms with Crippen molar-refractivity contribution in [2.45, 2.75) is 32.2 Å². The van der Waals surface area contributed by atoms with Crippen LogP contribution in [0.1, 0.15) is 29.5 Å². The third-order valence-corrected chi connectivity index (χ3v) is 4.95. The zero-order chi connectivity index (χ0) is 16.8. The number of carbonyl (C=O) groups excluding carboxylic acids is 1. The number of aliphatic hydroxyl groups is 1. The van der Waals surface area contributed by atoms with Gasteiger partial charge >= 0.3 is 0 Å². The molecule has 0 unspecified atom stereocenters. The van der Waals surface area contributed by atoms with Crippen LogP contribution in [0.5, 0.6) is 0 Å². The van der Waals surface area contributed by atoms with Crippen molar-refractivity contribution < 1.29 is 19.9 Å². The molecule has 1 aromatic carbocycles. The van der Waals surface area contributed by atoms with E-state index in [1.54, 1.807) is 0 Å². The van der Waals surface area contributed by atoms with E-state index in [1.807, 2.05) is 32.0 Å². The van der Waals surface area contributed by atoms with Crippen LogP contribution in [0.4, 0.5) is 0 Å². The van der Waals surface area contributed by atoms with E-state index in [9.17, 15) is 15.1 Å². The predicted molar refractivity (Wildman–Crippen MR) is 84.6 cm³/mol. The Morgan fingerprint density at radius 1 is 1.17 bits per heavy atom. The Morgan fingerprint density at radius 2 is 1.74 bits per heavy atom. The quantitative estimate of drug-likeness (QED) is 0.874. The van der Waals surface area contributed by atoms with Gasteiger partial charge in [0.1, 0.15) is 11.3 Å². The van der Waals surface area contributed by atoms with Crippen LogP contribution in [-0.2, 0) is 9.63 Å². The van der Waals surface area contributed by atoms with E-state index >= 15 is 0 Å². The lowest BCUT2D eigenvalue weighted by atomic mass is 9.85. The van der Waals surface area contributed by atoms with Crippen molar-refractivity contribution in [1.29, 1.82) is 0 Å². The van der Waals surface area contributed by atoms with Crippen LogP contribution in [0.2, 0.25) is 0 Å². The molecule has 0 radical (unpaired) electrons. The van der Waals surface area contributed by atoms with Crippen molar-refractivity contribution in [2.24, 2.45) is 0 Å². The second kappa shape index (κ2) is 5.63. The molecule has 2 aliphatic heterocycles. The summed E-state index contributed by atoms with van der Waals surface area (Å²) in [4.78, 5) is 18.2. The van der Waals surface area contributed by atoms with Crippen LogP contribution in [0.3, 0.4) is 0 Å². The molecule has 23 heavy (non-hydrogen) atoms. The maximum Gasteiger partial charge on any atom is 0.282 e. The van der Waals surface area contributed by atoms with E-state index in [1.165, 1.54) is 17.2 Å². The number of aryl methyl sites for hydroxylation is 2. The number of hydroxylamine groups is 4. The number of rotatable bonds is 2. The highest BCUT2D eigenvalue weighted by Gasteiger charge is 2.55. The number of carbonyl (C=O) groups is 1. The van der Waals surface area contributed by atoms with Crippen LogP contribution < -0.4 is 0 Å². The maximum atomic E-state index is 12.9. The minimum absolute atomic E-state index is 0.0508. The average Bonchev–Trinajstić information content (AvgIpc) is 2.71. The number of hydrogen-bond donors (Lipinski definition) is 2. The molecule has 0 aromatic heterocycles. The first-order valence-electron chi connectivity index (χ1n) is 7.75. The number of amides is 1. The van der Waals surface area contributed by atoms with E-state index in [2.05, 4.69) is 0 Å². The van der Waals surface area contributed by atoms with E-state index in [0.717, 1.165) is 16.7 Å². The lowest BCUT2D eigenvalue weighted by Gasteiger charge is -2.41. The summed E-state index contributed by atoms with van der Waals surface area (Å²) in [5.74, 6) is -0.274. The van der Waals surface area contributed by atoms with Gasteiger partial charge in [0.05, 0.1) is 12.7 Å². The lowest BCUT2D eigenvalue weighted by Crippen LogP contribution is -2.54. The number of nitrogens with zero attached hydrogens (tertiary/aromatic N) is 2. The summed E-state index contributed by atoms with van der Waals surface area (Å²) in [6.45, 7) is 4.59. The van der Waals surface area contributed by atoms with Crippen molar-refractivity contribution in [3.05, 3.63) is 40.6 Å². The highest BCUT2D eigenvalue weighted by atomic mass is 16.7. The molecule has 2 heterocycles. The Hall–Kier alpha value is -1.89. The molecule has 1 saturated heterocycles. The summed E-state index contributed by atoms with van der Waals surface area (Å²) in [5.41, 5.74) is 2.06. The normalized spacial score (nSPS) is 21.6. The zero-order valence-corrected chi connectivity index (χ0v) is 13.7. The van der Waals surface area contributed by atoms with Crippen molar-refractivity contribution >= 4 is 11.5 Å². The third-order valence-electron chi connectivity index (χ3n) is 4.95. The molecule has 0 atom stereocenters. The van der Waals surface area contributed by atoms with E-state index < -0.39 is 5.54 Å². The SMILES string of the molecule is CON1C(=O)C(c2c(C)cccc2C)=C(O)C12CCN(O)CC2. The van der Waals surface area contributed by atoms with Gasteiger partial charge in [-0.05, 0) is 43.4 Å². The van der Waals surface area contributed by atoms with Gasteiger partial charge in [-0.1, -0.05) is 18.2 Å². The lowest BCUT2D eigenvalue weighted by molar-refractivity contribution is -0.215. The van der Waals surface area contributed by atoms with Gasteiger partial charge in [-0.2, -0.15) is 5.06 Å². The van der Waals surface area contributed by atoms with Crippen LogP contribution in [0.15, 0.2) is 24.0 Å². The molecule has 1 amide bonds. The first-order valence-corrected chi connectivity index (χ1v) is 7.75. The fourth-order valence-corrected chi connectivity index (χ4v) is 3.72. The van der Waals surface area contributed by atoms with Gasteiger partial charge < -0.3 is 10.3 Å². The molecule has 6 heteroatoms. The average molecular weight is 318 g/mol. The minimum atomic E-state index is -0.894. The van der Waals surface area contributed by atoms with Gasteiger partial charge in [0.25, 0.3) is 5.91 Å². The second-order valence-electron chi connectivity index (χ2n) is 6.26. The van der Waals surface area contributed by atoms with Crippen LogP contribution >= 0.6 is 0 Å². The summed E-state index contributed by atoms with van der Waals surface area (Å²) in [7, 11) is 1.44. The Labute approximate surface area is 135 Å². The van der Waals surface area contributed by atoms with E-state index in [-0.39, 0.29) is 11.7 Å². The van der Waals surface area contributed by atoms with Gasteiger partial charge in [0, 0.05) is 13.1 Å². The van der Waals surface area contributed by atoms with Crippen molar-refractivity contribution in [1.82, 2.24) is 10.1 Å². The number of piperidine rings is 1. The van der Waals surface area contributed by atoms with Gasteiger partial charge in [-0.25, -0.2) is 5.06 Å². The van der Waals surface area contributed by atoms with Crippen molar-refractivity contribution in [3.8, 4) is 0 Å². The summed E-state index contributed by atoms with van der Waals surface area (Å²) in [6, 6.07) is 5.78. The number of hydrogen-bond acceptors (Lipinski definition) is 5. The Morgan fingerprint density at radius 3 is 2.26 bits per heavy atom. The smallest absolute Gasteiger partial charge is 0.282 e. The maximum absolute atomic E-state index is 12.9. The molecule has 0 bridgehead atoms. The summed E-state index contributed by atoms with van der Waals surface area (Å²) in [6.07, 6.45) is 0.840. The van der Waals surface area contributed by atoms with Crippen LogP contribution in [0.25, 0.3) is 5.57 Å². The Bertz CT molecular complexity index is 655. The Balaban J connectivity index is 2.16. The number of benzene rings is 1. The monoisotopic (exact) mass is 318 g/mol. The highest BCUT2D eigenvalue weighted by molar-refractivity contribution is 6.23. The van der Waals surface area contributed by atoms with Crippen molar-refractivity contribution in [2.75, 3.05) is 20.2 Å². The molecule has 2 N–H and O–H groups in total. The minimum Gasteiger partial charge on any atom is -0.509 e. The molecule has 1 spiro atoms. The van der Waals surface area contributed by atoms with Gasteiger partial charge in [0.15, 0.2) is 0 Å². The summed E-state index contributed by atoms with van der Waals surface area (Å²) in [5, 5.41) is 23.1. The first kappa shape index (κ1) is 16.0. The summed E-state index contributed by atoms with van der Waals surface area (Å²) >= 11 is 0. The van der Waals surface area contributed by atoms with E-state index in [4.69, 9.17) is 4.84 Å². The van der Waals surface area contributed by atoms with Gasteiger partial charge in [0.2, 0.25) is 0 Å². The zero-order valence-electron chi connectivity index (χ0n) is 13.7. The molecule has 124 valence electrons. The molecule has 1 aromatic rings. The van der Waals surface area contributed by atoms with Crippen molar-refractivity contribution in [3.63, 3.8) is 0 Å². The topological polar surface area (TPSA) is 73.2 Å². The first-order chi connectivity index (χ1) is 10.9. The highest BCUT2D eigenvalue weighted by Crippen LogP contribution is 2.45. The van der Waals surface area contributed by atoms with Crippen LogP contribution in [0, 0.1) is 13.8 Å². The molecule has 3 rings (SSSR count). The fourth-order valence-electron chi connectivity index (χ4n) is 3.72. The molecule has 6 nitrogen and oxygen atoms in total. The largest absolute Gasteiger partial charge is 0.509 e. The molecule has 0 saturated carbocycles. The molecular formula is C17H22N2O4. The standard InChI is InChI=1S/C17H22N2O4/c1-11-5-4-6-12(2)13(11)14-15(20)17(19(23-3)16(14)21)7-9-18(22)10-8-17/h4-6,20,22H,7-10H2,1-3H3. The Kier molecular flexibility index (Phi) is 3.91. The predicted octanol–water partition coefficient (Wildman–Crippen LogP) is 2.20. The molecule has 0 aliphatic carbocycles. The van der Waals surface area contributed by atoms with Gasteiger partial charge in [-0.3, -0.25) is 9.63 Å². The van der Waals surface area contributed by atoms with Crippen LogP contribution in [-0.4, -0.2) is 52.1 Å². The summed E-state index contributed by atoms with van der Waals surface area (Å²) < 4.78 is 0. The molecule has 2 aliphatic rings. The fraction of sp³-hybridized carbons (Fsp3) is 0.471.